The molecule has 0 unspecified atom stereocenters. The molecule has 0 bridgehead atoms. The topological polar surface area (TPSA) is 18.8 Å². The highest BCUT2D eigenvalue weighted by atomic mass is 32.1. The molecule has 4 heteroatoms. The lowest BCUT2D eigenvalue weighted by Gasteiger charge is -2.36. The SMILES string of the molecule is Cc1csc2cccc(N3CCN(CCc4ccc5c(c4)N=CCC5)CC3)c12. The Morgan fingerprint density at radius 1 is 1.07 bits per heavy atom. The van der Waals surface area contributed by atoms with Crippen LogP contribution in [0, 0.1) is 6.92 Å². The summed E-state index contributed by atoms with van der Waals surface area (Å²) >= 11 is 1.86. The third-order valence-electron chi connectivity index (χ3n) is 6.11. The van der Waals surface area contributed by atoms with Crippen molar-refractivity contribution in [3.8, 4) is 0 Å². The van der Waals surface area contributed by atoms with Gasteiger partial charge in [0.05, 0.1) is 5.69 Å². The van der Waals surface area contributed by atoms with Gasteiger partial charge in [0.15, 0.2) is 0 Å². The fourth-order valence-corrected chi connectivity index (χ4v) is 5.43. The van der Waals surface area contributed by atoms with Gasteiger partial charge in [-0.2, -0.15) is 0 Å². The molecule has 2 aliphatic heterocycles. The van der Waals surface area contributed by atoms with Gasteiger partial charge in [-0.25, -0.2) is 0 Å². The number of benzene rings is 2. The highest BCUT2D eigenvalue weighted by molar-refractivity contribution is 7.17. The Kier molecular flexibility index (Phi) is 4.91. The molecule has 1 aromatic heterocycles. The quantitative estimate of drug-likeness (QED) is 0.609. The van der Waals surface area contributed by atoms with Gasteiger partial charge in [-0.1, -0.05) is 18.2 Å². The summed E-state index contributed by atoms with van der Waals surface area (Å²) in [5.41, 5.74) is 6.83. The Labute approximate surface area is 171 Å². The molecular weight excluding hydrogens is 362 g/mol. The van der Waals surface area contributed by atoms with Crippen molar-refractivity contribution in [3.05, 3.63) is 58.5 Å². The lowest BCUT2D eigenvalue weighted by atomic mass is 10.0. The van der Waals surface area contributed by atoms with E-state index >= 15 is 0 Å². The normalized spacial score (nSPS) is 17.2. The number of fused-ring (bicyclic) bond motifs is 2. The minimum absolute atomic E-state index is 1.08. The van der Waals surface area contributed by atoms with Crippen molar-refractivity contribution >= 4 is 39.0 Å². The molecule has 5 rings (SSSR count). The van der Waals surface area contributed by atoms with Gasteiger partial charge in [-0.05, 0) is 66.5 Å². The maximum absolute atomic E-state index is 4.58. The first-order valence-electron chi connectivity index (χ1n) is 10.4. The Bertz CT molecular complexity index is 1010. The molecule has 28 heavy (non-hydrogen) atoms. The molecule has 1 saturated heterocycles. The number of rotatable bonds is 4. The summed E-state index contributed by atoms with van der Waals surface area (Å²) in [5.74, 6) is 0. The highest BCUT2D eigenvalue weighted by Gasteiger charge is 2.19. The molecule has 3 aromatic rings. The van der Waals surface area contributed by atoms with Crippen LogP contribution < -0.4 is 4.90 Å². The van der Waals surface area contributed by atoms with Gasteiger partial charge in [-0.3, -0.25) is 9.89 Å². The van der Waals surface area contributed by atoms with Crippen molar-refractivity contribution in [3.63, 3.8) is 0 Å². The number of nitrogens with zero attached hydrogens (tertiary/aromatic N) is 3. The van der Waals surface area contributed by atoms with E-state index in [4.69, 9.17) is 0 Å². The number of hydrogen-bond donors (Lipinski definition) is 0. The lowest BCUT2D eigenvalue weighted by molar-refractivity contribution is 0.261. The van der Waals surface area contributed by atoms with E-state index in [1.807, 2.05) is 11.3 Å². The second-order valence-corrected chi connectivity index (χ2v) is 8.87. The Morgan fingerprint density at radius 3 is 2.86 bits per heavy atom. The average molecular weight is 390 g/mol. The summed E-state index contributed by atoms with van der Waals surface area (Å²) in [4.78, 5) is 9.76. The molecule has 0 saturated carbocycles. The number of anilines is 1. The van der Waals surface area contributed by atoms with E-state index < -0.39 is 0 Å². The van der Waals surface area contributed by atoms with E-state index in [-0.39, 0.29) is 0 Å². The van der Waals surface area contributed by atoms with E-state index in [2.05, 4.69) is 69.7 Å². The third kappa shape index (κ3) is 3.47. The van der Waals surface area contributed by atoms with Gasteiger partial charge in [0.2, 0.25) is 0 Å². The molecular formula is C24H27N3S. The van der Waals surface area contributed by atoms with E-state index in [0.717, 1.165) is 52.0 Å². The molecule has 0 radical (unpaired) electrons. The molecule has 0 aliphatic carbocycles. The zero-order valence-electron chi connectivity index (χ0n) is 16.5. The molecule has 0 spiro atoms. The van der Waals surface area contributed by atoms with Crippen molar-refractivity contribution in [1.29, 1.82) is 0 Å². The van der Waals surface area contributed by atoms with Crippen LogP contribution in [0.25, 0.3) is 10.1 Å². The second-order valence-electron chi connectivity index (χ2n) is 7.96. The molecule has 0 atom stereocenters. The molecule has 0 amide bonds. The number of piperazine rings is 1. The molecule has 3 nitrogen and oxygen atoms in total. The lowest BCUT2D eigenvalue weighted by Crippen LogP contribution is -2.47. The standard InChI is InChI=1S/C24H27N3S/c1-18-17-28-23-6-2-5-22(24(18)23)27-14-12-26(13-15-27)11-9-19-7-8-20-4-3-10-25-21(20)16-19/h2,5-8,10,16-17H,3-4,9,11-15H2,1H3. The van der Waals surface area contributed by atoms with E-state index in [1.54, 1.807) is 0 Å². The Balaban J connectivity index is 1.21. The third-order valence-corrected chi connectivity index (χ3v) is 7.18. The van der Waals surface area contributed by atoms with Gasteiger partial charge in [-0.15, -0.1) is 11.3 Å². The fourth-order valence-electron chi connectivity index (χ4n) is 4.47. The summed E-state index contributed by atoms with van der Waals surface area (Å²) in [6, 6.07) is 13.6. The fraction of sp³-hybridized carbons (Fsp3) is 0.375. The number of aliphatic imine (C=N–C) groups is 1. The first kappa shape index (κ1) is 17.9. The zero-order chi connectivity index (χ0) is 18.9. The predicted molar refractivity (Wildman–Crippen MR) is 122 cm³/mol. The molecule has 2 aliphatic rings. The summed E-state index contributed by atoms with van der Waals surface area (Å²) < 4.78 is 1.41. The molecule has 2 aromatic carbocycles. The van der Waals surface area contributed by atoms with Gasteiger partial charge in [0, 0.05) is 54.7 Å². The second kappa shape index (κ2) is 7.69. The van der Waals surface area contributed by atoms with Crippen molar-refractivity contribution in [2.75, 3.05) is 37.6 Å². The number of aryl methyl sites for hydroxylation is 2. The van der Waals surface area contributed by atoms with Crippen LogP contribution in [-0.4, -0.2) is 43.8 Å². The van der Waals surface area contributed by atoms with Crippen LogP contribution in [0.4, 0.5) is 11.4 Å². The zero-order valence-corrected chi connectivity index (χ0v) is 17.3. The van der Waals surface area contributed by atoms with Crippen LogP contribution >= 0.6 is 11.3 Å². The van der Waals surface area contributed by atoms with Gasteiger partial charge >= 0.3 is 0 Å². The summed E-state index contributed by atoms with van der Waals surface area (Å²) in [5, 5.41) is 3.74. The van der Waals surface area contributed by atoms with E-state index in [0.29, 0.717) is 0 Å². The van der Waals surface area contributed by atoms with Gasteiger partial charge in [0.25, 0.3) is 0 Å². The van der Waals surface area contributed by atoms with Crippen LogP contribution in [-0.2, 0) is 12.8 Å². The maximum Gasteiger partial charge on any atom is 0.0660 e. The summed E-state index contributed by atoms with van der Waals surface area (Å²) in [6.45, 7) is 7.89. The first-order valence-corrected chi connectivity index (χ1v) is 11.2. The van der Waals surface area contributed by atoms with Crippen molar-refractivity contribution in [2.24, 2.45) is 4.99 Å². The smallest absolute Gasteiger partial charge is 0.0660 e. The number of hydrogen-bond acceptors (Lipinski definition) is 4. The van der Waals surface area contributed by atoms with Crippen molar-refractivity contribution < 1.29 is 0 Å². The Hall–Kier alpha value is -2.17. The number of thiophene rings is 1. The summed E-state index contributed by atoms with van der Waals surface area (Å²) in [7, 11) is 0. The maximum atomic E-state index is 4.58. The van der Waals surface area contributed by atoms with Crippen LogP contribution in [0.1, 0.15) is 23.1 Å². The summed E-state index contributed by atoms with van der Waals surface area (Å²) in [6.07, 6.45) is 5.38. The van der Waals surface area contributed by atoms with Crippen LogP contribution in [0.15, 0.2) is 46.8 Å². The van der Waals surface area contributed by atoms with E-state index in [9.17, 15) is 0 Å². The monoisotopic (exact) mass is 389 g/mol. The van der Waals surface area contributed by atoms with E-state index in [1.165, 1.54) is 38.2 Å². The van der Waals surface area contributed by atoms with Crippen LogP contribution in [0.2, 0.25) is 0 Å². The minimum Gasteiger partial charge on any atom is -0.368 e. The largest absolute Gasteiger partial charge is 0.368 e. The van der Waals surface area contributed by atoms with Gasteiger partial charge < -0.3 is 4.90 Å². The Morgan fingerprint density at radius 2 is 1.96 bits per heavy atom. The van der Waals surface area contributed by atoms with Crippen LogP contribution in [0.5, 0.6) is 0 Å². The molecule has 144 valence electrons. The van der Waals surface area contributed by atoms with Crippen molar-refractivity contribution in [2.45, 2.75) is 26.2 Å². The van der Waals surface area contributed by atoms with Crippen LogP contribution in [0.3, 0.4) is 0 Å². The molecule has 1 fully saturated rings. The van der Waals surface area contributed by atoms with Gasteiger partial charge in [0.1, 0.15) is 0 Å². The molecule has 3 heterocycles. The van der Waals surface area contributed by atoms with Crippen molar-refractivity contribution in [1.82, 2.24) is 4.90 Å². The average Bonchev–Trinajstić information content (AvgIpc) is 3.14. The highest BCUT2D eigenvalue weighted by Crippen LogP contribution is 2.34. The minimum atomic E-state index is 1.08. The first-order chi connectivity index (χ1) is 13.8. The predicted octanol–water partition coefficient (Wildman–Crippen LogP) is 5.22. The molecule has 0 N–H and O–H groups in total.